The highest BCUT2D eigenvalue weighted by atomic mass is 16.5. The molecule has 1 unspecified atom stereocenters. The van der Waals surface area contributed by atoms with E-state index in [-0.39, 0.29) is 12.2 Å². The summed E-state index contributed by atoms with van der Waals surface area (Å²) in [5, 5.41) is 8.63. The van der Waals surface area contributed by atoms with Gasteiger partial charge in [-0.3, -0.25) is 0 Å². The molecule has 0 aliphatic rings. The lowest BCUT2D eigenvalue weighted by molar-refractivity contribution is -0.0520. The second-order valence-corrected chi connectivity index (χ2v) is 3.42. The summed E-state index contributed by atoms with van der Waals surface area (Å²) in [5.74, 6) is 0. The Morgan fingerprint density at radius 2 is 2.08 bits per heavy atom. The van der Waals surface area contributed by atoms with Crippen LogP contribution in [0.5, 0.6) is 0 Å². The molecule has 0 saturated heterocycles. The van der Waals surface area contributed by atoms with Crippen molar-refractivity contribution >= 4 is 0 Å². The number of aliphatic hydroxyl groups excluding tert-OH is 1. The number of ether oxygens (including phenoxy) is 1. The Balaban J connectivity index is 3.89. The topological polar surface area (TPSA) is 55.5 Å². The third-order valence-corrected chi connectivity index (χ3v) is 2.43. The van der Waals surface area contributed by atoms with Crippen LogP contribution < -0.4 is 5.73 Å². The first-order chi connectivity index (χ1) is 6.24. The van der Waals surface area contributed by atoms with E-state index >= 15 is 0 Å². The Morgan fingerprint density at radius 1 is 1.38 bits per heavy atom. The third kappa shape index (κ3) is 4.60. The number of nitrogens with two attached hydrogens (primary N) is 1. The first kappa shape index (κ1) is 12.9. The lowest BCUT2D eigenvalue weighted by Gasteiger charge is -2.31. The van der Waals surface area contributed by atoms with Crippen molar-refractivity contribution in [1.29, 1.82) is 0 Å². The molecule has 13 heavy (non-hydrogen) atoms. The van der Waals surface area contributed by atoms with Crippen LogP contribution in [0.3, 0.4) is 0 Å². The molecule has 3 N–H and O–H groups in total. The Bertz CT molecular complexity index is 113. The fourth-order valence-electron chi connectivity index (χ4n) is 1.47. The Kier molecular flexibility index (Phi) is 7.23. The van der Waals surface area contributed by atoms with E-state index in [0.717, 1.165) is 19.3 Å². The van der Waals surface area contributed by atoms with Gasteiger partial charge in [0.25, 0.3) is 0 Å². The summed E-state index contributed by atoms with van der Waals surface area (Å²) in [6.07, 6.45) is 3.74. The van der Waals surface area contributed by atoms with E-state index in [1.165, 1.54) is 0 Å². The summed E-state index contributed by atoms with van der Waals surface area (Å²) < 4.78 is 5.72. The molecule has 0 amide bonds. The summed E-state index contributed by atoms with van der Waals surface area (Å²) in [6, 6.07) is 0. The highest BCUT2D eigenvalue weighted by Crippen LogP contribution is 2.21. The summed E-state index contributed by atoms with van der Waals surface area (Å²) in [4.78, 5) is 0. The summed E-state index contributed by atoms with van der Waals surface area (Å²) in [6.45, 7) is 5.61. The lowest BCUT2D eigenvalue weighted by Crippen LogP contribution is -2.40. The summed E-state index contributed by atoms with van der Waals surface area (Å²) >= 11 is 0. The molecule has 0 aliphatic heterocycles. The number of rotatable bonds is 8. The van der Waals surface area contributed by atoms with Gasteiger partial charge in [-0.05, 0) is 19.3 Å². The average Bonchev–Trinajstić information content (AvgIpc) is 2.17. The summed E-state index contributed by atoms with van der Waals surface area (Å²) in [5.41, 5.74) is 5.55. The minimum atomic E-state index is -0.149. The zero-order valence-corrected chi connectivity index (χ0v) is 8.88. The van der Waals surface area contributed by atoms with Crippen LogP contribution in [0.2, 0.25) is 0 Å². The summed E-state index contributed by atoms with van der Waals surface area (Å²) in [7, 11) is 0. The molecule has 0 saturated carbocycles. The second kappa shape index (κ2) is 7.30. The van der Waals surface area contributed by atoms with Gasteiger partial charge in [-0.15, -0.1) is 0 Å². The molecule has 1 atom stereocenters. The molecule has 0 rings (SSSR count). The predicted molar refractivity (Wildman–Crippen MR) is 54.6 cm³/mol. The minimum Gasteiger partial charge on any atom is -0.396 e. The van der Waals surface area contributed by atoms with E-state index in [2.05, 4.69) is 13.8 Å². The quantitative estimate of drug-likeness (QED) is 0.566. The van der Waals surface area contributed by atoms with Crippen LogP contribution in [0.1, 0.15) is 39.5 Å². The smallest absolute Gasteiger partial charge is 0.0801 e. The molecule has 3 nitrogen and oxygen atoms in total. The van der Waals surface area contributed by atoms with E-state index in [9.17, 15) is 0 Å². The standard InChI is InChI=1S/C10H23NO2/c1-3-6-10(4-2,9-11)13-8-5-7-12/h12H,3-9,11H2,1-2H3. The van der Waals surface area contributed by atoms with Gasteiger partial charge in [0.15, 0.2) is 0 Å². The van der Waals surface area contributed by atoms with E-state index in [4.69, 9.17) is 15.6 Å². The maximum absolute atomic E-state index is 8.63. The van der Waals surface area contributed by atoms with Gasteiger partial charge >= 0.3 is 0 Å². The van der Waals surface area contributed by atoms with Crippen molar-refractivity contribution in [2.24, 2.45) is 5.73 Å². The second-order valence-electron chi connectivity index (χ2n) is 3.42. The van der Waals surface area contributed by atoms with Crippen LogP contribution in [0.15, 0.2) is 0 Å². The molecule has 0 spiro atoms. The molecule has 0 radical (unpaired) electrons. The minimum absolute atomic E-state index is 0.149. The fourth-order valence-corrected chi connectivity index (χ4v) is 1.47. The van der Waals surface area contributed by atoms with Crippen LogP contribution in [0.25, 0.3) is 0 Å². The number of aliphatic hydroxyl groups is 1. The van der Waals surface area contributed by atoms with Gasteiger partial charge < -0.3 is 15.6 Å². The molecular weight excluding hydrogens is 166 g/mol. The lowest BCUT2D eigenvalue weighted by atomic mass is 9.95. The van der Waals surface area contributed by atoms with Crippen LogP contribution in [0.4, 0.5) is 0 Å². The normalized spacial score (nSPS) is 15.7. The van der Waals surface area contributed by atoms with E-state index in [0.29, 0.717) is 19.6 Å². The fraction of sp³-hybridized carbons (Fsp3) is 1.00. The van der Waals surface area contributed by atoms with Crippen molar-refractivity contribution in [3.8, 4) is 0 Å². The zero-order chi connectivity index (χ0) is 10.2. The predicted octanol–water partition coefficient (Wildman–Crippen LogP) is 1.29. The molecule has 0 heterocycles. The van der Waals surface area contributed by atoms with Crippen LogP contribution in [0, 0.1) is 0 Å². The number of hydrogen-bond donors (Lipinski definition) is 2. The highest BCUT2D eigenvalue weighted by molar-refractivity contribution is 4.79. The first-order valence-electron chi connectivity index (χ1n) is 5.19. The molecule has 0 aromatic heterocycles. The Hall–Kier alpha value is -0.120. The van der Waals surface area contributed by atoms with Crippen LogP contribution >= 0.6 is 0 Å². The van der Waals surface area contributed by atoms with Crippen molar-refractivity contribution in [2.75, 3.05) is 19.8 Å². The average molecular weight is 189 g/mol. The Labute approximate surface area is 81.3 Å². The van der Waals surface area contributed by atoms with Crippen molar-refractivity contribution in [2.45, 2.75) is 45.1 Å². The van der Waals surface area contributed by atoms with E-state index < -0.39 is 0 Å². The SMILES string of the molecule is CCCC(CC)(CN)OCCCO. The van der Waals surface area contributed by atoms with Gasteiger partial charge in [-0.2, -0.15) is 0 Å². The first-order valence-corrected chi connectivity index (χ1v) is 5.19. The maximum atomic E-state index is 8.63. The van der Waals surface area contributed by atoms with E-state index in [1.807, 2.05) is 0 Å². The van der Waals surface area contributed by atoms with Gasteiger partial charge in [0, 0.05) is 19.8 Å². The molecule has 3 heteroatoms. The maximum Gasteiger partial charge on any atom is 0.0801 e. The van der Waals surface area contributed by atoms with Crippen LogP contribution in [-0.4, -0.2) is 30.5 Å². The van der Waals surface area contributed by atoms with Crippen molar-refractivity contribution in [3.05, 3.63) is 0 Å². The third-order valence-electron chi connectivity index (χ3n) is 2.43. The van der Waals surface area contributed by atoms with Gasteiger partial charge in [-0.1, -0.05) is 20.3 Å². The highest BCUT2D eigenvalue weighted by Gasteiger charge is 2.25. The van der Waals surface area contributed by atoms with Crippen molar-refractivity contribution in [3.63, 3.8) is 0 Å². The van der Waals surface area contributed by atoms with Crippen molar-refractivity contribution < 1.29 is 9.84 Å². The van der Waals surface area contributed by atoms with Crippen molar-refractivity contribution in [1.82, 2.24) is 0 Å². The molecule has 0 bridgehead atoms. The van der Waals surface area contributed by atoms with Crippen LogP contribution in [-0.2, 0) is 4.74 Å². The van der Waals surface area contributed by atoms with Gasteiger partial charge in [0.2, 0.25) is 0 Å². The molecule has 0 aromatic carbocycles. The largest absolute Gasteiger partial charge is 0.396 e. The van der Waals surface area contributed by atoms with Gasteiger partial charge in [-0.25, -0.2) is 0 Å². The van der Waals surface area contributed by atoms with Gasteiger partial charge in [0.1, 0.15) is 0 Å². The van der Waals surface area contributed by atoms with Gasteiger partial charge in [0.05, 0.1) is 5.60 Å². The number of hydrogen-bond acceptors (Lipinski definition) is 3. The van der Waals surface area contributed by atoms with E-state index in [1.54, 1.807) is 0 Å². The molecule has 80 valence electrons. The molecule has 0 aromatic rings. The molecular formula is C10H23NO2. The molecule has 0 aliphatic carbocycles. The molecule has 0 fully saturated rings. The Morgan fingerprint density at radius 3 is 2.46 bits per heavy atom. The zero-order valence-electron chi connectivity index (χ0n) is 8.88. The monoisotopic (exact) mass is 189 g/mol.